The van der Waals surface area contributed by atoms with Crippen LogP contribution in [0.3, 0.4) is 0 Å². The number of hydrogen-bond acceptors (Lipinski definition) is 4. The third-order valence-electron chi connectivity index (χ3n) is 4.55. The van der Waals surface area contributed by atoms with Crippen LogP contribution in [0, 0.1) is 5.92 Å². The fraction of sp³-hybridized carbons (Fsp3) is 1.00. The molecular weight excluding hydrogens is 236 g/mol. The maximum absolute atomic E-state index is 3.68. The SMILES string of the molecule is CC(NCCN1CCN(CCN(C)C)CC1)C1CC1. The number of hydrogen-bond donors (Lipinski definition) is 1. The van der Waals surface area contributed by atoms with E-state index in [1.165, 1.54) is 58.7 Å². The number of likely N-dealkylation sites (N-methyl/N-ethyl adjacent to an activating group) is 1. The van der Waals surface area contributed by atoms with Crippen molar-refractivity contribution >= 4 is 0 Å². The fourth-order valence-corrected chi connectivity index (χ4v) is 2.79. The molecule has 1 saturated carbocycles. The number of nitrogens with zero attached hydrogens (tertiary/aromatic N) is 3. The molecule has 112 valence electrons. The summed E-state index contributed by atoms with van der Waals surface area (Å²) >= 11 is 0. The molecular formula is C15H32N4. The summed E-state index contributed by atoms with van der Waals surface area (Å²) in [5, 5.41) is 3.68. The molecule has 19 heavy (non-hydrogen) atoms. The maximum atomic E-state index is 3.68. The Kier molecular flexibility index (Phi) is 6.07. The highest BCUT2D eigenvalue weighted by molar-refractivity contribution is 4.83. The average Bonchev–Trinajstić information content (AvgIpc) is 3.22. The zero-order valence-corrected chi connectivity index (χ0v) is 13.1. The summed E-state index contributed by atoms with van der Waals surface area (Å²) in [7, 11) is 4.31. The summed E-state index contributed by atoms with van der Waals surface area (Å²) in [5.74, 6) is 0.975. The molecule has 2 rings (SSSR count). The predicted molar refractivity (Wildman–Crippen MR) is 81.6 cm³/mol. The Morgan fingerprint density at radius 1 is 1.05 bits per heavy atom. The van der Waals surface area contributed by atoms with Gasteiger partial charge in [0, 0.05) is 58.4 Å². The molecule has 1 unspecified atom stereocenters. The molecule has 4 nitrogen and oxygen atoms in total. The summed E-state index contributed by atoms with van der Waals surface area (Å²) in [5.41, 5.74) is 0. The Hall–Kier alpha value is -0.160. The van der Waals surface area contributed by atoms with Crippen LogP contribution < -0.4 is 5.32 Å². The molecule has 0 radical (unpaired) electrons. The largest absolute Gasteiger partial charge is 0.313 e. The Bertz CT molecular complexity index is 245. The van der Waals surface area contributed by atoms with Crippen LogP contribution in [-0.2, 0) is 0 Å². The number of piperazine rings is 1. The van der Waals surface area contributed by atoms with Crippen LogP contribution in [0.2, 0.25) is 0 Å². The van der Waals surface area contributed by atoms with Crippen molar-refractivity contribution in [2.75, 3.05) is 66.5 Å². The van der Waals surface area contributed by atoms with E-state index in [9.17, 15) is 0 Å². The van der Waals surface area contributed by atoms with Crippen LogP contribution >= 0.6 is 0 Å². The fourth-order valence-electron chi connectivity index (χ4n) is 2.79. The first-order valence-electron chi connectivity index (χ1n) is 7.98. The molecule has 0 aromatic carbocycles. The van der Waals surface area contributed by atoms with Gasteiger partial charge in [0.05, 0.1) is 0 Å². The standard InChI is InChI=1S/C15H32N4/c1-14(15-4-5-15)16-6-7-18-10-12-19(13-11-18)9-8-17(2)3/h14-16H,4-13H2,1-3H3. The van der Waals surface area contributed by atoms with Gasteiger partial charge in [-0.2, -0.15) is 0 Å². The van der Waals surface area contributed by atoms with Gasteiger partial charge < -0.3 is 10.2 Å². The predicted octanol–water partition coefficient (Wildman–Crippen LogP) is 0.554. The Morgan fingerprint density at radius 3 is 2.16 bits per heavy atom. The van der Waals surface area contributed by atoms with E-state index in [-0.39, 0.29) is 0 Å². The second kappa shape index (κ2) is 7.58. The van der Waals surface area contributed by atoms with Gasteiger partial charge >= 0.3 is 0 Å². The first-order valence-corrected chi connectivity index (χ1v) is 7.98. The second-order valence-corrected chi connectivity index (χ2v) is 6.57. The number of nitrogens with one attached hydrogen (secondary N) is 1. The van der Waals surface area contributed by atoms with Gasteiger partial charge in [-0.1, -0.05) is 0 Å². The van der Waals surface area contributed by atoms with E-state index in [2.05, 4.69) is 41.0 Å². The lowest BCUT2D eigenvalue weighted by Gasteiger charge is -2.35. The molecule has 2 fully saturated rings. The molecule has 1 aliphatic heterocycles. The summed E-state index contributed by atoms with van der Waals surface area (Å²) in [4.78, 5) is 7.48. The van der Waals surface area contributed by atoms with Crippen molar-refractivity contribution in [3.05, 3.63) is 0 Å². The lowest BCUT2D eigenvalue weighted by molar-refractivity contribution is 0.125. The third-order valence-corrected chi connectivity index (χ3v) is 4.55. The van der Waals surface area contributed by atoms with Crippen LogP contribution in [0.25, 0.3) is 0 Å². The van der Waals surface area contributed by atoms with Crippen molar-refractivity contribution in [1.29, 1.82) is 0 Å². The molecule has 1 aliphatic carbocycles. The second-order valence-electron chi connectivity index (χ2n) is 6.57. The Labute approximate surface area is 119 Å². The third kappa shape index (κ3) is 5.78. The molecule has 1 atom stereocenters. The van der Waals surface area contributed by atoms with Crippen LogP contribution in [0.4, 0.5) is 0 Å². The van der Waals surface area contributed by atoms with E-state index < -0.39 is 0 Å². The topological polar surface area (TPSA) is 21.8 Å². The minimum atomic E-state index is 0.737. The molecule has 0 spiro atoms. The minimum absolute atomic E-state index is 0.737. The van der Waals surface area contributed by atoms with Crippen molar-refractivity contribution < 1.29 is 0 Å². The molecule has 0 bridgehead atoms. The van der Waals surface area contributed by atoms with E-state index in [0.717, 1.165) is 18.5 Å². The normalized spacial score (nSPS) is 24.0. The summed E-state index contributed by atoms with van der Waals surface area (Å²) in [6, 6.07) is 0.737. The quantitative estimate of drug-likeness (QED) is 0.694. The Balaban J connectivity index is 1.50. The highest BCUT2D eigenvalue weighted by Crippen LogP contribution is 2.32. The first-order chi connectivity index (χ1) is 9.15. The molecule has 1 heterocycles. The van der Waals surface area contributed by atoms with Gasteiger partial charge in [-0.05, 0) is 39.8 Å². The van der Waals surface area contributed by atoms with Crippen molar-refractivity contribution in [2.24, 2.45) is 5.92 Å². The van der Waals surface area contributed by atoms with Crippen molar-refractivity contribution in [3.8, 4) is 0 Å². The van der Waals surface area contributed by atoms with Crippen LogP contribution in [0.5, 0.6) is 0 Å². The van der Waals surface area contributed by atoms with Crippen molar-refractivity contribution in [2.45, 2.75) is 25.8 Å². The minimum Gasteiger partial charge on any atom is -0.313 e. The van der Waals surface area contributed by atoms with Crippen LogP contribution in [0.15, 0.2) is 0 Å². The monoisotopic (exact) mass is 268 g/mol. The van der Waals surface area contributed by atoms with E-state index in [0.29, 0.717) is 0 Å². The summed E-state index contributed by atoms with van der Waals surface area (Å²) in [6.45, 7) is 12.1. The van der Waals surface area contributed by atoms with E-state index in [1.807, 2.05) is 0 Å². The Morgan fingerprint density at radius 2 is 1.63 bits per heavy atom. The zero-order valence-electron chi connectivity index (χ0n) is 13.1. The van der Waals surface area contributed by atoms with Crippen molar-refractivity contribution in [1.82, 2.24) is 20.0 Å². The van der Waals surface area contributed by atoms with Crippen LogP contribution in [-0.4, -0.2) is 87.2 Å². The van der Waals surface area contributed by atoms with Gasteiger partial charge in [-0.15, -0.1) is 0 Å². The molecule has 0 amide bonds. The van der Waals surface area contributed by atoms with Gasteiger partial charge in [0.2, 0.25) is 0 Å². The molecule has 0 aromatic heterocycles. The van der Waals surface area contributed by atoms with Gasteiger partial charge in [0.1, 0.15) is 0 Å². The molecule has 4 heteroatoms. The lowest BCUT2D eigenvalue weighted by atomic mass is 10.2. The lowest BCUT2D eigenvalue weighted by Crippen LogP contribution is -2.49. The number of rotatable bonds is 8. The van der Waals surface area contributed by atoms with Crippen molar-refractivity contribution in [3.63, 3.8) is 0 Å². The molecule has 0 aromatic rings. The average molecular weight is 268 g/mol. The van der Waals surface area contributed by atoms with Gasteiger partial charge in [-0.3, -0.25) is 9.80 Å². The maximum Gasteiger partial charge on any atom is 0.0110 e. The molecule has 2 aliphatic rings. The van der Waals surface area contributed by atoms with Gasteiger partial charge in [-0.25, -0.2) is 0 Å². The summed E-state index contributed by atoms with van der Waals surface area (Å²) in [6.07, 6.45) is 2.89. The van der Waals surface area contributed by atoms with E-state index in [1.54, 1.807) is 0 Å². The van der Waals surface area contributed by atoms with Gasteiger partial charge in [0.25, 0.3) is 0 Å². The zero-order chi connectivity index (χ0) is 13.7. The highest BCUT2D eigenvalue weighted by Gasteiger charge is 2.27. The van der Waals surface area contributed by atoms with Crippen LogP contribution in [0.1, 0.15) is 19.8 Å². The van der Waals surface area contributed by atoms with Gasteiger partial charge in [0.15, 0.2) is 0 Å². The smallest absolute Gasteiger partial charge is 0.0110 e. The van der Waals surface area contributed by atoms with E-state index in [4.69, 9.17) is 0 Å². The first kappa shape index (κ1) is 15.2. The highest BCUT2D eigenvalue weighted by atomic mass is 15.3. The van der Waals surface area contributed by atoms with E-state index >= 15 is 0 Å². The summed E-state index contributed by atoms with van der Waals surface area (Å²) < 4.78 is 0. The molecule has 1 saturated heterocycles. The molecule has 1 N–H and O–H groups in total.